The van der Waals surface area contributed by atoms with Gasteiger partial charge < -0.3 is 10.8 Å². The molecule has 1 aromatic rings. The second-order valence-electron chi connectivity index (χ2n) is 5.23. The van der Waals surface area contributed by atoms with Gasteiger partial charge in [0.05, 0.1) is 6.10 Å². The van der Waals surface area contributed by atoms with Crippen molar-refractivity contribution in [3.05, 3.63) is 35.9 Å². The number of hydrogen-bond donors (Lipinski definition) is 2. The molecule has 2 nitrogen and oxygen atoms in total. The maximum atomic E-state index is 9.97. The van der Waals surface area contributed by atoms with Crippen LogP contribution in [-0.2, 0) is 6.42 Å². The Labute approximate surface area is 105 Å². The van der Waals surface area contributed by atoms with Gasteiger partial charge >= 0.3 is 0 Å². The summed E-state index contributed by atoms with van der Waals surface area (Å²) in [6, 6.07) is 10.2. The van der Waals surface area contributed by atoms with E-state index in [2.05, 4.69) is 26.0 Å². The second kappa shape index (κ2) is 7.46. The van der Waals surface area contributed by atoms with Crippen molar-refractivity contribution < 1.29 is 5.11 Å². The molecule has 0 saturated carbocycles. The lowest BCUT2D eigenvalue weighted by Gasteiger charge is -2.19. The first-order valence-electron chi connectivity index (χ1n) is 6.57. The van der Waals surface area contributed by atoms with Gasteiger partial charge in [0, 0.05) is 6.04 Å². The molecular formula is C15H25NO. The van der Waals surface area contributed by atoms with Crippen molar-refractivity contribution in [1.29, 1.82) is 0 Å². The number of aliphatic hydroxyl groups is 1. The van der Waals surface area contributed by atoms with Crippen molar-refractivity contribution in [3.8, 4) is 0 Å². The van der Waals surface area contributed by atoms with Crippen LogP contribution in [-0.4, -0.2) is 17.3 Å². The Morgan fingerprint density at radius 3 is 2.29 bits per heavy atom. The van der Waals surface area contributed by atoms with E-state index in [1.807, 2.05) is 18.2 Å². The lowest BCUT2D eigenvalue weighted by atomic mass is 9.96. The molecule has 0 fully saturated rings. The molecule has 3 N–H and O–H groups in total. The van der Waals surface area contributed by atoms with Crippen molar-refractivity contribution in [2.45, 2.75) is 51.7 Å². The fourth-order valence-electron chi connectivity index (χ4n) is 1.89. The first kappa shape index (κ1) is 14.2. The summed E-state index contributed by atoms with van der Waals surface area (Å²) < 4.78 is 0. The molecule has 0 aliphatic heterocycles. The smallest absolute Gasteiger partial charge is 0.0694 e. The summed E-state index contributed by atoms with van der Waals surface area (Å²) in [4.78, 5) is 0. The summed E-state index contributed by atoms with van der Waals surface area (Å²) in [7, 11) is 0. The molecule has 2 heteroatoms. The molecule has 1 rings (SSSR count). The van der Waals surface area contributed by atoms with Crippen LogP contribution in [0.1, 0.15) is 38.7 Å². The van der Waals surface area contributed by atoms with E-state index < -0.39 is 0 Å². The van der Waals surface area contributed by atoms with Gasteiger partial charge in [-0.05, 0) is 37.2 Å². The average Bonchev–Trinajstić information content (AvgIpc) is 2.34. The molecule has 0 aliphatic carbocycles. The molecule has 2 unspecified atom stereocenters. The van der Waals surface area contributed by atoms with Gasteiger partial charge in [-0.15, -0.1) is 0 Å². The van der Waals surface area contributed by atoms with Gasteiger partial charge in [-0.1, -0.05) is 44.2 Å². The molecule has 0 aliphatic rings. The Hall–Kier alpha value is -0.860. The second-order valence-corrected chi connectivity index (χ2v) is 5.23. The van der Waals surface area contributed by atoms with Gasteiger partial charge in [-0.2, -0.15) is 0 Å². The van der Waals surface area contributed by atoms with E-state index in [-0.39, 0.29) is 12.1 Å². The maximum Gasteiger partial charge on any atom is 0.0694 e. The molecule has 0 spiro atoms. The first-order chi connectivity index (χ1) is 8.09. The molecular weight excluding hydrogens is 210 g/mol. The minimum atomic E-state index is -0.381. The molecule has 17 heavy (non-hydrogen) atoms. The highest BCUT2D eigenvalue weighted by Crippen LogP contribution is 2.12. The minimum Gasteiger partial charge on any atom is -0.392 e. The van der Waals surface area contributed by atoms with E-state index in [0.29, 0.717) is 5.92 Å². The van der Waals surface area contributed by atoms with Gasteiger partial charge in [-0.3, -0.25) is 0 Å². The maximum absolute atomic E-state index is 9.97. The van der Waals surface area contributed by atoms with Crippen molar-refractivity contribution in [3.63, 3.8) is 0 Å². The zero-order valence-electron chi connectivity index (χ0n) is 11.0. The topological polar surface area (TPSA) is 46.2 Å². The quantitative estimate of drug-likeness (QED) is 0.763. The molecule has 0 bridgehead atoms. The molecule has 2 atom stereocenters. The number of benzene rings is 1. The van der Waals surface area contributed by atoms with Crippen molar-refractivity contribution in [2.24, 2.45) is 11.7 Å². The predicted octanol–water partition coefficient (Wildman–Crippen LogP) is 2.74. The van der Waals surface area contributed by atoms with Gasteiger partial charge in [-0.25, -0.2) is 0 Å². The highest BCUT2D eigenvalue weighted by atomic mass is 16.3. The molecule has 0 radical (unpaired) electrons. The van der Waals surface area contributed by atoms with Crippen molar-refractivity contribution >= 4 is 0 Å². The zero-order chi connectivity index (χ0) is 12.7. The average molecular weight is 235 g/mol. The SMILES string of the molecule is CC(C)CCC(N)C(O)CCc1ccccc1. The largest absolute Gasteiger partial charge is 0.392 e. The fourth-order valence-corrected chi connectivity index (χ4v) is 1.89. The summed E-state index contributed by atoms with van der Waals surface area (Å²) in [5.74, 6) is 0.655. The lowest BCUT2D eigenvalue weighted by molar-refractivity contribution is 0.128. The Morgan fingerprint density at radius 2 is 1.71 bits per heavy atom. The first-order valence-corrected chi connectivity index (χ1v) is 6.57. The van der Waals surface area contributed by atoms with Crippen LogP contribution in [0.4, 0.5) is 0 Å². The number of hydrogen-bond acceptors (Lipinski definition) is 2. The standard InChI is InChI=1S/C15H25NO/c1-12(2)8-10-14(16)15(17)11-9-13-6-4-3-5-7-13/h3-7,12,14-15,17H,8-11,16H2,1-2H3. The van der Waals surface area contributed by atoms with E-state index in [1.165, 1.54) is 5.56 Å². The Balaban J connectivity index is 2.26. The van der Waals surface area contributed by atoms with Crippen LogP contribution in [0.3, 0.4) is 0 Å². The molecule has 0 heterocycles. The monoisotopic (exact) mass is 235 g/mol. The number of aliphatic hydroxyl groups excluding tert-OH is 1. The molecule has 0 amide bonds. The zero-order valence-corrected chi connectivity index (χ0v) is 11.0. The summed E-state index contributed by atoms with van der Waals surface area (Å²) in [5, 5.41) is 9.97. The third-order valence-electron chi connectivity index (χ3n) is 3.14. The Kier molecular flexibility index (Phi) is 6.23. The molecule has 0 saturated heterocycles. The van der Waals surface area contributed by atoms with Gasteiger partial charge in [0.1, 0.15) is 0 Å². The minimum absolute atomic E-state index is 0.0823. The van der Waals surface area contributed by atoms with Crippen LogP contribution >= 0.6 is 0 Å². The number of nitrogens with two attached hydrogens (primary N) is 1. The lowest BCUT2D eigenvalue weighted by Crippen LogP contribution is -2.35. The fraction of sp³-hybridized carbons (Fsp3) is 0.600. The number of rotatable bonds is 7. The predicted molar refractivity (Wildman–Crippen MR) is 72.8 cm³/mol. The number of aryl methyl sites for hydroxylation is 1. The third-order valence-corrected chi connectivity index (χ3v) is 3.14. The normalized spacial score (nSPS) is 14.9. The van der Waals surface area contributed by atoms with Crippen molar-refractivity contribution in [1.82, 2.24) is 0 Å². The summed E-state index contributed by atoms with van der Waals surface area (Å²) in [6.07, 6.45) is 3.27. The Morgan fingerprint density at radius 1 is 1.06 bits per heavy atom. The van der Waals surface area contributed by atoms with Crippen LogP contribution in [0.25, 0.3) is 0 Å². The third kappa shape index (κ3) is 5.85. The highest BCUT2D eigenvalue weighted by molar-refractivity contribution is 5.14. The molecule has 1 aromatic carbocycles. The molecule has 0 aromatic heterocycles. The van der Waals surface area contributed by atoms with Crippen molar-refractivity contribution in [2.75, 3.05) is 0 Å². The Bertz CT molecular complexity index is 297. The van der Waals surface area contributed by atoms with Gasteiger partial charge in [0.2, 0.25) is 0 Å². The van der Waals surface area contributed by atoms with E-state index in [9.17, 15) is 5.11 Å². The van der Waals surface area contributed by atoms with Gasteiger partial charge in [0.15, 0.2) is 0 Å². The van der Waals surface area contributed by atoms with E-state index >= 15 is 0 Å². The van der Waals surface area contributed by atoms with Crippen LogP contribution in [0, 0.1) is 5.92 Å². The van der Waals surface area contributed by atoms with Crippen LogP contribution in [0.2, 0.25) is 0 Å². The van der Waals surface area contributed by atoms with E-state index in [0.717, 1.165) is 25.7 Å². The van der Waals surface area contributed by atoms with Gasteiger partial charge in [0.25, 0.3) is 0 Å². The summed E-state index contributed by atoms with van der Waals surface area (Å²) >= 11 is 0. The summed E-state index contributed by atoms with van der Waals surface area (Å²) in [5.41, 5.74) is 7.25. The van der Waals surface area contributed by atoms with E-state index in [1.54, 1.807) is 0 Å². The highest BCUT2D eigenvalue weighted by Gasteiger charge is 2.14. The van der Waals surface area contributed by atoms with E-state index in [4.69, 9.17) is 5.73 Å². The molecule has 96 valence electrons. The summed E-state index contributed by atoms with van der Waals surface area (Å²) in [6.45, 7) is 4.37. The van der Waals surface area contributed by atoms with Crippen LogP contribution < -0.4 is 5.73 Å². The van der Waals surface area contributed by atoms with Crippen LogP contribution in [0.15, 0.2) is 30.3 Å². The van der Waals surface area contributed by atoms with Crippen LogP contribution in [0.5, 0.6) is 0 Å².